The first-order chi connectivity index (χ1) is 9.65. The molecule has 106 valence electrons. The van der Waals surface area contributed by atoms with Crippen LogP contribution in [-0.2, 0) is 12.8 Å². The lowest BCUT2D eigenvalue weighted by Gasteiger charge is -2.15. The molecule has 4 heteroatoms. The van der Waals surface area contributed by atoms with Crippen LogP contribution in [0.1, 0.15) is 36.5 Å². The Hall–Kier alpha value is -1.61. The number of rotatable bonds is 5. The van der Waals surface area contributed by atoms with E-state index in [1.54, 1.807) is 0 Å². The molecule has 1 heterocycles. The summed E-state index contributed by atoms with van der Waals surface area (Å²) in [4.78, 5) is 9.10. The monoisotopic (exact) mass is 289 g/mol. The number of hydrogen-bond acceptors (Lipinski definition) is 3. The largest absolute Gasteiger partial charge is 0.370 e. The van der Waals surface area contributed by atoms with Gasteiger partial charge in [0.2, 0.25) is 0 Å². The maximum absolute atomic E-state index is 6.27. The zero-order chi connectivity index (χ0) is 14.5. The quantitative estimate of drug-likeness (QED) is 0.903. The van der Waals surface area contributed by atoms with Crippen LogP contribution in [0.15, 0.2) is 24.3 Å². The highest BCUT2D eigenvalue weighted by atomic mass is 35.5. The Labute approximate surface area is 125 Å². The van der Waals surface area contributed by atoms with E-state index in [-0.39, 0.29) is 0 Å². The Kier molecular flexibility index (Phi) is 4.96. The van der Waals surface area contributed by atoms with Gasteiger partial charge in [-0.3, -0.25) is 0 Å². The van der Waals surface area contributed by atoms with Crippen LogP contribution in [0.25, 0.3) is 0 Å². The lowest BCUT2D eigenvalue weighted by atomic mass is 10.0. The molecule has 1 aromatic heterocycles. The molecule has 3 nitrogen and oxygen atoms in total. The number of nitrogens with zero attached hydrogens (tertiary/aromatic N) is 2. The van der Waals surface area contributed by atoms with Gasteiger partial charge in [-0.15, -0.1) is 0 Å². The van der Waals surface area contributed by atoms with Crippen molar-refractivity contribution in [3.63, 3.8) is 0 Å². The van der Waals surface area contributed by atoms with Crippen molar-refractivity contribution in [3.05, 3.63) is 51.9 Å². The van der Waals surface area contributed by atoms with Crippen LogP contribution in [0.2, 0.25) is 5.02 Å². The molecule has 1 aromatic carbocycles. The predicted octanol–water partition coefficient (Wildman–Crippen LogP) is 4.02. The van der Waals surface area contributed by atoms with E-state index in [2.05, 4.69) is 35.2 Å². The molecule has 0 spiro atoms. The summed E-state index contributed by atoms with van der Waals surface area (Å²) in [7, 11) is 0. The minimum atomic E-state index is 0.755. The fourth-order valence-electron chi connectivity index (χ4n) is 2.28. The first-order valence-corrected chi connectivity index (χ1v) is 7.37. The van der Waals surface area contributed by atoms with Crippen molar-refractivity contribution in [2.24, 2.45) is 0 Å². The molecule has 2 rings (SSSR count). The van der Waals surface area contributed by atoms with Crippen LogP contribution in [0.5, 0.6) is 0 Å². The van der Waals surface area contributed by atoms with E-state index in [1.165, 1.54) is 0 Å². The van der Waals surface area contributed by atoms with Gasteiger partial charge in [-0.2, -0.15) is 0 Å². The van der Waals surface area contributed by atoms with E-state index >= 15 is 0 Å². The van der Waals surface area contributed by atoms with Gasteiger partial charge >= 0.3 is 0 Å². The highest BCUT2D eigenvalue weighted by Crippen LogP contribution is 2.25. The molecule has 0 saturated heterocycles. The van der Waals surface area contributed by atoms with Crippen molar-refractivity contribution in [3.8, 4) is 0 Å². The molecule has 1 N–H and O–H groups in total. The van der Waals surface area contributed by atoms with Crippen LogP contribution in [0.3, 0.4) is 0 Å². The number of anilines is 1. The zero-order valence-corrected chi connectivity index (χ0v) is 13.0. The lowest BCUT2D eigenvalue weighted by Crippen LogP contribution is -2.10. The van der Waals surface area contributed by atoms with E-state index in [1.807, 2.05) is 25.1 Å². The third kappa shape index (κ3) is 3.28. The second-order valence-corrected chi connectivity index (χ2v) is 5.10. The predicted molar refractivity (Wildman–Crippen MR) is 84.6 cm³/mol. The van der Waals surface area contributed by atoms with E-state index in [4.69, 9.17) is 11.6 Å². The van der Waals surface area contributed by atoms with Gasteiger partial charge < -0.3 is 5.32 Å². The Balaban J connectivity index is 2.46. The molecule has 0 unspecified atom stereocenters. The Morgan fingerprint density at radius 1 is 1.15 bits per heavy atom. The molecule has 0 saturated carbocycles. The fourth-order valence-corrected chi connectivity index (χ4v) is 2.48. The average Bonchev–Trinajstić information content (AvgIpc) is 2.43. The zero-order valence-electron chi connectivity index (χ0n) is 12.2. The van der Waals surface area contributed by atoms with Crippen LogP contribution in [0.4, 0.5) is 5.82 Å². The second-order valence-electron chi connectivity index (χ2n) is 4.70. The number of hydrogen-bond donors (Lipinski definition) is 1. The minimum Gasteiger partial charge on any atom is -0.370 e. The van der Waals surface area contributed by atoms with Gasteiger partial charge in [-0.05, 0) is 31.9 Å². The van der Waals surface area contributed by atoms with Gasteiger partial charge in [0.05, 0.1) is 0 Å². The summed E-state index contributed by atoms with van der Waals surface area (Å²) in [5.41, 5.74) is 3.34. The highest BCUT2D eigenvalue weighted by molar-refractivity contribution is 6.31. The molecule has 0 aliphatic carbocycles. The normalized spacial score (nSPS) is 10.6. The van der Waals surface area contributed by atoms with E-state index in [0.717, 1.165) is 52.9 Å². The van der Waals surface area contributed by atoms with Crippen LogP contribution in [-0.4, -0.2) is 16.5 Å². The number of halogens is 1. The standard InChI is InChI=1S/C16H20ClN3/c1-4-15-13(10-12-8-6-7-9-14(12)17)16(18-5-2)20-11(3)19-15/h6-9H,4-5,10H2,1-3H3,(H,18,19,20). The van der Waals surface area contributed by atoms with Crippen molar-refractivity contribution in [2.75, 3.05) is 11.9 Å². The molecular weight excluding hydrogens is 270 g/mol. The Bertz CT molecular complexity index is 596. The van der Waals surface area contributed by atoms with Crippen molar-refractivity contribution in [1.29, 1.82) is 0 Å². The molecule has 0 aliphatic heterocycles. The number of aromatic nitrogens is 2. The van der Waals surface area contributed by atoms with Gasteiger partial charge in [0, 0.05) is 29.2 Å². The second kappa shape index (κ2) is 6.71. The third-order valence-electron chi connectivity index (χ3n) is 3.21. The summed E-state index contributed by atoms with van der Waals surface area (Å²) >= 11 is 6.27. The molecule has 2 aromatic rings. The molecule has 0 atom stereocenters. The summed E-state index contributed by atoms with van der Waals surface area (Å²) in [6.45, 7) is 6.96. The Morgan fingerprint density at radius 2 is 1.90 bits per heavy atom. The SMILES string of the molecule is CCNc1nc(C)nc(CC)c1Cc1ccccc1Cl. The fraction of sp³-hybridized carbons (Fsp3) is 0.375. The van der Waals surface area contributed by atoms with Gasteiger partial charge in [0.15, 0.2) is 0 Å². The first kappa shape index (κ1) is 14.8. The minimum absolute atomic E-state index is 0.755. The number of benzene rings is 1. The van der Waals surface area contributed by atoms with Crippen molar-refractivity contribution in [2.45, 2.75) is 33.6 Å². The van der Waals surface area contributed by atoms with Gasteiger partial charge in [0.1, 0.15) is 11.6 Å². The highest BCUT2D eigenvalue weighted by Gasteiger charge is 2.13. The lowest BCUT2D eigenvalue weighted by molar-refractivity contribution is 0.903. The summed E-state index contributed by atoms with van der Waals surface area (Å²) < 4.78 is 0. The maximum atomic E-state index is 6.27. The molecule has 0 fully saturated rings. The van der Waals surface area contributed by atoms with Crippen molar-refractivity contribution in [1.82, 2.24) is 9.97 Å². The summed E-state index contributed by atoms with van der Waals surface area (Å²) in [6, 6.07) is 7.93. The summed E-state index contributed by atoms with van der Waals surface area (Å²) in [5.74, 6) is 1.73. The smallest absolute Gasteiger partial charge is 0.133 e. The van der Waals surface area contributed by atoms with Gasteiger partial charge in [-0.1, -0.05) is 36.7 Å². The molecular formula is C16H20ClN3. The molecule has 0 bridgehead atoms. The summed E-state index contributed by atoms with van der Waals surface area (Å²) in [5, 5.41) is 4.13. The average molecular weight is 290 g/mol. The molecule has 0 aliphatic rings. The maximum Gasteiger partial charge on any atom is 0.133 e. The topological polar surface area (TPSA) is 37.8 Å². The Morgan fingerprint density at radius 3 is 2.55 bits per heavy atom. The van der Waals surface area contributed by atoms with E-state index in [0.29, 0.717) is 0 Å². The molecule has 0 amide bonds. The summed E-state index contributed by atoms with van der Waals surface area (Å²) in [6.07, 6.45) is 1.65. The van der Waals surface area contributed by atoms with Crippen LogP contribution >= 0.6 is 11.6 Å². The van der Waals surface area contributed by atoms with Gasteiger partial charge in [-0.25, -0.2) is 9.97 Å². The van der Waals surface area contributed by atoms with Crippen molar-refractivity contribution >= 4 is 17.4 Å². The van der Waals surface area contributed by atoms with Crippen LogP contribution in [0, 0.1) is 6.92 Å². The van der Waals surface area contributed by atoms with E-state index in [9.17, 15) is 0 Å². The van der Waals surface area contributed by atoms with E-state index < -0.39 is 0 Å². The molecule has 0 radical (unpaired) electrons. The number of nitrogens with one attached hydrogen (secondary N) is 1. The van der Waals surface area contributed by atoms with Crippen LogP contribution < -0.4 is 5.32 Å². The third-order valence-corrected chi connectivity index (χ3v) is 3.58. The molecule has 20 heavy (non-hydrogen) atoms. The number of aryl methyl sites for hydroxylation is 2. The van der Waals surface area contributed by atoms with Crippen molar-refractivity contribution < 1.29 is 0 Å². The van der Waals surface area contributed by atoms with Gasteiger partial charge in [0.25, 0.3) is 0 Å². The first-order valence-electron chi connectivity index (χ1n) is 6.99.